The zero-order valence-electron chi connectivity index (χ0n) is 17.3. The van der Waals surface area contributed by atoms with Crippen LogP contribution in [0.2, 0.25) is 0 Å². The van der Waals surface area contributed by atoms with Gasteiger partial charge in [-0.25, -0.2) is 9.67 Å². The topological polar surface area (TPSA) is 79.2 Å². The quantitative estimate of drug-likeness (QED) is 0.166. The third kappa shape index (κ3) is 8.02. The van der Waals surface area contributed by atoms with Crippen molar-refractivity contribution in [2.45, 2.75) is 19.3 Å². The second-order valence-electron chi connectivity index (χ2n) is 6.64. The van der Waals surface area contributed by atoms with E-state index in [1.165, 1.54) is 5.56 Å². The summed E-state index contributed by atoms with van der Waals surface area (Å²) in [5.74, 6) is 1.77. The molecule has 0 unspecified atom stereocenters. The first-order valence-corrected chi connectivity index (χ1v) is 10.0. The van der Waals surface area contributed by atoms with Crippen LogP contribution in [-0.4, -0.2) is 47.4 Å². The monoisotopic (exact) mass is 519 g/mol. The molecule has 0 aliphatic heterocycles. The molecule has 8 heteroatoms. The highest BCUT2D eigenvalue weighted by molar-refractivity contribution is 14.0. The summed E-state index contributed by atoms with van der Waals surface area (Å²) in [5, 5.41) is 14.3. The molecule has 3 N–H and O–H groups in total. The summed E-state index contributed by atoms with van der Waals surface area (Å²) in [4.78, 5) is 8.54. The molecule has 160 valence electrons. The fourth-order valence-electron chi connectivity index (χ4n) is 2.92. The lowest BCUT2D eigenvalue weighted by Gasteiger charge is -2.12. The van der Waals surface area contributed by atoms with Gasteiger partial charge < -0.3 is 16.0 Å². The van der Waals surface area contributed by atoms with Gasteiger partial charge in [-0.15, -0.1) is 24.0 Å². The van der Waals surface area contributed by atoms with Crippen molar-refractivity contribution in [3.63, 3.8) is 0 Å². The molecule has 3 aromatic rings. The summed E-state index contributed by atoms with van der Waals surface area (Å²) in [5.41, 5.74) is 2.35. The van der Waals surface area contributed by atoms with E-state index in [4.69, 9.17) is 0 Å². The number of aliphatic imine (C=N–C) groups is 1. The second kappa shape index (κ2) is 13.6. The molecule has 0 amide bonds. The van der Waals surface area contributed by atoms with Gasteiger partial charge in [-0.2, -0.15) is 5.10 Å². The number of hydrogen-bond donors (Lipinski definition) is 3. The molecule has 0 saturated carbocycles. The van der Waals surface area contributed by atoms with Gasteiger partial charge in [0.25, 0.3) is 0 Å². The Labute approximate surface area is 195 Å². The van der Waals surface area contributed by atoms with Crippen LogP contribution in [-0.2, 0) is 6.42 Å². The number of hydrogen-bond acceptors (Lipinski definition) is 4. The average molecular weight is 519 g/mol. The van der Waals surface area contributed by atoms with Crippen LogP contribution in [0.5, 0.6) is 0 Å². The number of unbranched alkanes of at least 4 members (excludes halogenated alkanes) is 1. The Hall–Kier alpha value is -2.62. The van der Waals surface area contributed by atoms with Crippen molar-refractivity contribution in [1.82, 2.24) is 25.4 Å². The smallest absolute Gasteiger partial charge is 0.190 e. The first-order chi connectivity index (χ1) is 14.3. The third-order valence-corrected chi connectivity index (χ3v) is 4.50. The van der Waals surface area contributed by atoms with E-state index in [0.717, 1.165) is 56.4 Å². The van der Waals surface area contributed by atoms with E-state index in [2.05, 4.69) is 55.3 Å². The fraction of sp³-hybridized carbons (Fsp3) is 0.318. The van der Waals surface area contributed by atoms with E-state index >= 15 is 0 Å². The average Bonchev–Trinajstić information content (AvgIpc) is 3.31. The zero-order valence-corrected chi connectivity index (χ0v) is 19.6. The third-order valence-electron chi connectivity index (χ3n) is 4.50. The van der Waals surface area contributed by atoms with E-state index in [9.17, 15) is 0 Å². The maximum absolute atomic E-state index is 4.29. The number of benzene rings is 1. The maximum Gasteiger partial charge on any atom is 0.190 e. The summed E-state index contributed by atoms with van der Waals surface area (Å²) in [6, 6.07) is 16.3. The molecule has 30 heavy (non-hydrogen) atoms. The minimum absolute atomic E-state index is 0. The molecule has 0 spiro atoms. The minimum atomic E-state index is 0. The summed E-state index contributed by atoms with van der Waals surface area (Å²) in [6.45, 7) is 2.64. The van der Waals surface area contributed by atoms with Crippen LogP contribution in [0.25, 0.3) is 5.69 Å². The second-order valence-corrected chi connectivity index (χ2v) is 6.64. The van der Waals surface area contributed by atoms with Crippen molar-refractivity contribution in [1.29, 1.82) is 0 Å². The molecule has 0 radical (unpaired) electrons. The van der Waals surface area contributed by atoms with Crippen molar-refractivity contribution in [3.8, 4) is 5.69 Å². The summed E-state index contributed by atoms with van der Waals surface area (Å²) < 4.78 is 1.86. The number of guanidine groups is 1. The fourth-order valence-corrected chi connectivity index (χ4v) is 2.92. The lowest BCUT2D eigenvalue weighted by Crippen LogP contribution is -2.38. The van der Waals surface area contributed by atoms with Gasteiger partial charge in [0, 0.05) is 45.3 Å². The Balaban J connectivity index is 0.00000320. The van der Waals surface area contributed by atoms with E-state index in [1.54, 1.807) is 19.4 Å². The van der Waals surface area contributed by atoms with Gasteiger partial charge in [0.05, 0.1) is 5.69 Å². The number of aromatic nitrogens is 3. The SMILES string of the molecule is CN=C(NCCCCNc1ccccn1)NCCc1ccc(-n2cccn2)cc1.I. The Kier molecular flexibility index (Phi) is 10.7. The standard InChI is InChI=1S/C22H29N7.HI/c1-23-22(26-15-5-4-14-25-21-7-2-3-13-24-21)27-17-12-19-8-10-20(11-9-19)29-18-6-16-28-29;/h2-3,6-11,13,16,18H,4-5,12,14-15,17H2,1H3,(H,24,25)(H2,23,26,27);1H. The van der Waals surface area contributed by atoms with Crippen molar-refractivity contribution in [3.05, 3.63) is 72.7 Å². The summed E-state index contributed by atoms with van der Waals surface area (Å²) in [6.07, 6.45) is 8.61. The number of nitrogens with zero attached hydrogens (tertiary/aromatic N) is 4. The highest BCUT2D eigenvalue weighted by atomic mass is 127. The van der Waals surface area contributed by atoms with E-state index in [1.807, 2.05) is 35.1 Å². The van der Waals surface area contributed by atoms with Crippen LogP contribution in [0.3, 0.4) is 0 Å². The lowest BCUT2D eigenvalue weighted by molar-refractivity contribution is 0.710. The maximum atomic E-state index is 4.29. The molecule has 0 aliphatic rings. The number of pyridine rings is 1. The Morgan fingerprint density at radius 2 is 1.73 bits per heavy atom. The molecule has 2 aromatic heterocycles. The van der Waals surface area contributed by atoms with Crippen molar-refractivity contribution < 1.29 is 0 Å². The molecule has 0 fully saturated rings. The molecular formula is C22H30IN7. The predicted molar refractivity (Wildman–Crippen MR) is 134 cm³/mol. The van der Waals surface area contributed by atoms with E-state index in [-0.39, 0.29) is 24.0 Å². The van der Waals surface area contributed by atoms with Crippen LogP contribution < -0.4 is 16.0 Å². The van der Waals surface area contributed by atoms with Crippen LogP contribution in [0.15, 0.2) is 72.1 Å². The molecule has 3 rings (SSSR count). The largest absolute Gasteiger partial charge is 0.370 e. The summed E-state index contributed by atoms with van der Waals surface area (Å²) in [7, 11) is 1.80. The molecule has 0 bridgehead atoms. The van der Waals surface area contributed by atoms with Crippen LogP contribution in [0, 0.1) is 0 Å². The van der Waals surface area contributed by atoms with Gasteiger partial charge in [-0.05, 0) is 55.2 Å². The molecule has 7 nitrogen and oxygen atoms in total. The number of nitrogens with one attached hydrogen (secondary N) is 3. The normalized spacial score (nSPS) is 10.9. The molecule has 0 aliphatic carbocycles. The van der Waals surface area contributed by atoms with Crippen molar-refractivity contribution in [2.75, 3.05) is 32.0 Å². The van der Waals surface area contributed by atoms with Crippen LogP contribution in [0.1, 0.15) is 18.4 Å². The number of rotatable bonds is 10. The van der Waals surface area contributed by atoms with E-state index in [0.29, 0.717) is 0 Å². The van der Waals surface area contributed by atoms with E-state index < -0.39 is 0 Å². The van der Waals surface area contributed by atoms with Gasteiger partial charge in [-0.1, -0.05) is 18.2 Å². The van der Waals surface area contributed by atoms with Gasteiger partial charge in [0.15, 0.2) is 5.96 Å². The molecule has 0 atom stereocenters. The highest BCUT2D eigenvalue weighted by Gasteiger charge is 2.00. The molecule has 0 saturated heterocycles. The Morgan fingerprint density at radius 1 is 0.933 bits per heavy atom. The zero-order chi connectivity index (χ0) is 20.2. The van der Waals surface area contributed by atoms with Crippen LogP contribution in [0.4, 0.5) is 5.82 Å². The van der Waals surface area contributed by atoms with Gasteiger partial charge in [0.1, 0.15) is 5.82 Å². The minimum Gasteiger partial charge on any atom is -0.370 e. The van der Waals surface area contributed by atoms with Gasteiger partial charge in [-0.3, -0.25) is 4.99 Å². The van der Waals surface area contributed by atoms with Crippen LogP contribution >= 0.6 is 24.0 Å². The highest BCUT2D eigenvalue weighted by Crippen LogP contribution is 2.08. The van der Waals surface area contributed by atoms with Crippen molar-refractivity contribution in [2.24, 2.45) is 4.99 Å². The van der Waals surface area contributed by atoms with Gasteiger partial charge >= 0.3 is 0 Å². The lowest BCUT2D eigenvalue weighted by atomic mass is 10.1. The number of anilines is 1. The first-order valence-electron chi connectivity index (χ1n) is 10.0. The van der Waals surface area contributed by atoms with Crippen molar-refractivity contribution >= 4 is 35.8 Å². The Morgan fingerprint density at radius 3 is 2.43 bits per heavy atom. The first kappa shape index (κ1) is 23.7. The van der Waals surface area contributed by atoms with Gasteiger partial charge in [0.2, 0.25) is 0 Å². The summed E-state index contributed by atoms with van der Waals surface area (Å²) >= 11 is 0. The molecule has 2 heterocycles. The Bertz CT molecular complexity index is 849. The molecular weight excluding hydrogens is 489 g/mol. The molecule has 1 aromatic carbocycles. The predicted octanol–water partition coefficient (Wildman–Crippen LogP) is 3.49. The number of halogens is 1.